The van der Waals surface area contributed by atoms with E-state index in [4.69, 9.17) is 26.1 Å². The second kappa shape index (κ2) is 9.04. The second-order valence-corrected chi connectivity index (χ2v) is 8.53. The summed E-state index contributed by atoms with van der Waals surface area (Å²) in [7, 11) is 3.36. The number of esters is 1. The first kappa shape index (κ1) is 20.1. The maximum atomic E-state index is 11.8. The monoisotopic (exact) mass is 408 g/mol. The zero-order valence-electron chi connectivity index (χ0n) is 15.9. The molecule has 0 spiro atoms. The Hall–Kier alpha value is -1.63. The Balaban J connectivity index is 1.75. The molecule has 2 heterocycles. The van der Waals surface area contributed by atoms with Gasteiger partial charge < -0.3 is 14.8 Å². The number of pyridine rings is 1. The van der Waals surface area contributed by atoms with Crippen LogP contribution in [0.2, 0.25) is 4.34 Å². The molecule has 0 saturated heterocycles. The van der Waals surface area contributed by atoms with Gasteiger partial charge in [-0.2, -0.15) is 0 Å². The summed E-state index contributed by atoms with van der Waals surface area (Å²) in [6, 6.07) is 5.93. The number of aryl methyl sites for hydroxylation is 1. The predicted molar refractivity (Wildman–Crippen MR) is 108 cm³/mol. The Labute approximate surface area is 169 Å². The van der Waals surface area contributed by atoms with Crippen molar-refractivity contribution in [2.75, 3.05) is 14.2 Å². The number of nitrogens with zero attached hydrogens (tertiary/aromatic N) is 1. The molecule has 146 valence electrons. The van der Waals surface area contributed by atoms with Crippen LogP contribution in [0.15, 0.2) is 18.2 Å². The van der Waals surface area contributed by atoms with Gasteiger partial charge in [-0.05, 0) is 63.4 Å². The lowest BCUT2D eigenvalue weighted by molar-refractivity contribution is -0.147. The summed E-state index contributed by atoms with van der Waals surface area (Å²) in [6.45, 7) is 2.70. The van der Waals surface area contributed by atoms with Crippen LogP contribution in [0.3, 0.4) is 0 Å². The zero-order valence-corrected chi connectivity index (χ0v) is 17.5. The lowest BCUT2D eigenvalue weighted by Crippen LogP contribution is -2.30. The van der Waals surface area contributed by atoms with Gasteiger partial charge in [0.1, 0.15) is 5.75 Å². The number of hydrogen-bond acceptors (Lipinski definition) is 6. The first-order valence-electron chi connectivity index (χ1n) is 9.17. The van der Waals surface area contributed by atoms with Crippen molar-refractivity contribution in [3.63, 3.8) is 0 Å². The van der Waals surface area contributed by atoms with Crippen molar-refractivity contribution >= 4 is 28.9 Å². The molecule has 0 unspecified atom stereocenters. The fourth-order valence-electron chi connectivity index (χ4n) is 3.55. The van der Waals surface area contributed by atoms with E-state index in [0.717, 1.165) is 57.7 Å². The standard InChI is InChI=1S/C20H25ClN2O3S/c1-12-17(26-15-6-4-5-13(9-15)20(24)25-3)8-7-16(23-12)19-14(11-22-2)10-18(21)27-19/h7-8,10,13,15,22H,4-6,9,11H2,1-3H3/t13-,15-/m0/s1. The van der Waals surface area contributed by atoms with E-state index in [2.05, 4.69) is 5.32 Å². The molecule has 2 atom stereocenters. The van der Waals surface area contributed by atoms with Crippen LogP contribution in [-0.4, -0.2) is 31.2 Å². The number of aromatic nitrogens is 1. The van der Waals surface area contributed by atoms with Crippen molar-refractivity contribution in [3.8, 4) is 16.3 Å². The van der Waals surface area contributed by atoms with Gasteiger partial charge in [0.15, 0.2) is 0 Å². The first-order valence-corrected chi connectivity index (χ1v) is 10.4. The minimum Gasteiger partial charge on any atom is -0.489 e. The molecule has 0 radical (unpaired) electrons. The summed E-state index contributed by atoms with van der Waals surface area (Å²) in [6.07, 6.45) is 3.50. The second-order valence-electron chi connectivity index (χ2n) is 6.84. The molecular formula is C20H25ClN2O3S. The van der Waals surface area contributed by atoms with Crippen LogP contribution >= 0.6 is 22.9 Å². The third-order valence-corrected chi connectivity index (χ3v) is 6.20. The SMILES string of the molecule is CNCc1cc(Cl)sc1-c1ccc(O[C@H]2CCC[C@H](C(=O)OC)C2)c(C)n1. The van der Waals surface area contributed by atoms with Gasteiger partial charge in [-0.1, -0.05) is 11.6 Å². The highest BCUT2D eigenvalue weighted by molar-refractivity contribution is 7.19. The van der Waals surface area contributed by atoms with Crippen molar-refractivity contribution in [1.82, 2.24) is 10.3 Å². The number of methoxy groups -OCH3 is 1. The number of ether oxygens (including phenoxy) is 2. The minimum absolute atomic E-state index is 0.0187. The maximum absolute atomic E-state index is 11.8. The van der Waals surface area contributed by atoms with Crippen LogP contribution in [-0.2, 0) is 16.1 Å². The van der Waals surface area contributed by atoms with Gasteiger partial charge in [0.25, 0.3) is 0 Å². The molecule has 0 amide bonds. The van der Waals surface area contributed by atoms with Gasteiger partial charge >= 0.3 is 5.97 Å². The summed E-state index contributed by atoms with van der Waals surface area (Å²) < 4.78 is 11.8. The molecule has 2 aromatic rings. The van der Waals surface area contributed by atoms with Gasteiger partial charge in [0.2, 0.25) is 0 Å². The van der Waals surface area contributed by atoms with Crippen LogP contribution in [0.4, 0.5) is 0 Å². The predicted octanol–water partition coefficient (Wildman–Crippen LogP) is 4.60. The summed E-state index contributed by atoms with van der Waals surface area (Å²) in [5.74, 6) is 0.561. The van der Waals surface area contributed by atoms with Crippen LogP contribution in [0, 0.1) is 12.8 Å². The maximum Gasteiger partial charge on any atom is 0.308 e. The summed E-state index contributed by atoms with van der Waals surface area (Å²) in [5.41, 5.74) is 2.88. The van der Waals surface area contributed by atoms with Gasteiger partial charge in [0, 0.05) is 6.54 Å². The normalized spacial score (nSPS) is 19.7. The van der Waals surface area contributed by atoms with Gasteiger partial charge in [-0.3, -0.25) is 4.79 Å². The average Bonchev–Trinajstić information content (AvgIpc) is 3.03. The largest absolute Gasteiger partial charge is 0.489 e. The Morgan fingerprint density at radius 3 is 2.93 bits per heavy atom. The van der Waals surface area contributed by atoms with Crippen molar-refractivity contribution in [3.05, 3.63) is 33.8 Å². The number of rotatable bonds is 6. The van der Waals surface area contributed by atoms with E-state index < -0.39 is 0 Å². The number of nitrogens with one attached hydrogen (secondary N) is 1. The van der Waals surface area contributed by atoms with Crippen LogP contribution in [0.1, 0.15) is 36.9 Å². The van der Waals surface area contributed by atoms with E-state index in [1.54, 1.807) is 0 Å². The Bertz CT molecular complexity index is 809. The highest BCUT2D eigenvalue weighted by Crippen LogP contribution is 2.36. The third kappa shape index (κ3) is 4.81. The molecule has 27 heavy (non-hydrogen) atoms. The van der Waals surface area contributed by atoms with Gasteiger partial charge in [-0.25, -0.2) is 4.98 Å². The Morgan fingerprint density at radius 2 is 2.22 bits per heavy atom. The molecule has 1 fully saturated rings. The number of hydrogen-bond donors (Lipinski definition) is 1. The molecule has 3 rings (SSSR count). The van der Waals surface area contributed by atoms with E-state index in [1.807, 2.05) is 32.2 Å². The molecule has 2 aromatic heterocycles. The molecule has 1 aliphatic carbocycles. The number of carbonyl (C=O) groups is 1. The van der Waals surface area contributed by atoms with E-state index >= 15 is 0 Å². The molecule has 5 nitrogen and oxygen atoms in total. The number of thiophene rings is 1. The lowest BCUT2D eigenvalue weighted by atomic mass is 9.87. The molecule has 1 aliphatic rings. The van der Waals surface area contributed by atoms with Gasteiger partial charge in [0.05, 0.1) is 39.7 Å². The zero-order chi connectivity index (χ0) is 19.4. The first-order chi connectivity index (χ1) is 13.0. The Morgan fingerprint density at radius 1 is 1.41 bits per heavy atom. The molecule has 0 aliphatic heterocycles. The summed E-state index contributed by atoms with van der Waals surface area (Å²) >= 11 is 7.74. The molecule has 0 bridgehead atoms. The van der Waals surface area contributed by atoms with Gasteiger partial charge in [-0.15, -0.1) is 11.3 Å². The molecule has 0 aromatic carbocycles. The van der Waals surface area contributed by atoms with E-state index in [1.165, 1.54) is 18.4 Å². The fraction of sp³-hybridized carbons (Fsp3) is 0.500. The highest BCUT2D eigenvalue weighted by atomic mass is 35.5. The van der Waals surface area contributed by atoms with E-state index in [0.29, 0.717) is 6.42 Å². The summed E-state index contributed by atoms with van der Waals surface area (Å²) in [4.78, 5) is 17.6. The van der Waals surface area contributed by atoms with Crippen LogP contribution < -0.4 is 10.1 Å². The number of halogens is 1. The van der Waals surface area contributed by atoms with Crippen LogP contribution in [0.5, 0.6) is 5.75 Å². The highest BCUT2D eigenvalue weighted by Gasteiger charge is 2.29. The third-order valence-electron chi connectivity index (χ3n) is 4.87. The van der Waals surface area contributed by atoms with Crippen molar-refractivity contribution < 1.29 is 14.3 Å². The number of carbonyl (C=O) groups excluding carboxylic acids is 1. The van der Waals surface area contributed by atoms with Crippen molar-refractivity contribution in [2.45, 2.75) is 45.3 Å². The van der Waals surface area contributed by atoms with Crippen LogP contribution in [0.25, 0.3) is 10.6 Å². The van der Waals surface area contributed by atoms with E-state index in [9.17, 15) is 4.79 Å². The fourth-order valence-corrected chi connectivity index (χ4v) is 4.78. The van der Waals surface area contributed by atoms with E-state index in [-0.39, 0.29) is 18.0 Å². The quantitative estimate of drug-likeness (QED) is 0.707. The minimum atomic E-state index is -0.139. The molecular weight excluding hydrogens is 384 g/mol. The summed E-state index contributed by atoms with van der Waals surface area (Å²) in [5, 5.41) is 3.16. The Kier molecular flexibility index (Phi) is 6.73. The lowest BCUT2D eigenvalue weighted by Gasteiger charge is -2.28. The topological polar surface area (TPSA) is 60.5 Å². The molecule has 1 saturated carbocycles. The smallest absolute Gasteiger partial charge is 0.308 e. The molecule has 1 N–H and O–H groups in total. The average molecular weight is 409 g/mol. The van der Waals surface area contributed by atoms with Crippen molar-refractivity contribution in [2.24, 2.45) is 5.92 Å². The molecule has 7 heteroatoms. The van der Waals surface area contributed by atoms with Crippen molar-refractivity contribution in [1.29, 1.82) is 0 Å².